The molecule has 0 saturated heterocycles. The highest BCUT2D eigenvalue weighted by Crippen LogP contribution is 2.25. The Balaban J connectivity index is 2.17. The fourth-order valence-electron chi connectivity index (χ4n) is 3.72. The Hall–Kier alpha value is -1.51. The summed E-state index contributed by atoms with van der Waals surface area (Å²) in [5.74, 6) is 0.343. The molecule has 0 radical (unpaired) electrons. The van der Waals surface area contributed by atoms with Gasteiger partial charge in [-0.25, -0.2) is 4.79 Å². The molecule has 0 unspecified atom stereocenters. The molecule has 28 heavy (non-hydrogen) atoms. The summed E-state index contributed by atoms with van der Waals surface area (Å²) in [5, 5.41) is 0. The largest absolute Gasteiger partial charge is 0.496 e. The first kappa shape index (κ1) is 24.5. The molecule has 3 heteroatoms. The molecule has 160 valence electrons. The van der Waals surface area contributed by atoms with E-state index in [1.54, 1.807) is 7.11 Å². The highest BCUT2D eigenvalue weighted by molar-refractivity contribution is 5.94. The molecule has 1 rings (SSSR count). The van der Waals surface area contributed by atoms with Gasteiger partial charge < -0.3 is 9.47 Å². The summed E-state index contributed by atoms with van der Waals surface area (Å²) >= 11 is 0. The van der Waals surface area contributed by atoms with Crippen LogP contribution in [0.25, 0.3) is 0 Å². The number of methoxy groups -OCH3 is 1. The molecule has 0 saturated carbocycles. The monoisotopic (exact) mass is 390 g/mol. The van der Waals surface area contributed by atoms with Crippen molar-refractivity contribution in [2.75, 3.05) is 13.7 Å². The molecule has 0 aliphatic heterocycles. The lowest BCUT2D eigenvalue weighted by Crippen LogP contribution is -2.10. The molecule has 0 fully saturated rings. The highest BCUT2D eigenvalue weighted by atomic mass is 16.5. The fraction of sp³-hybridized carbons (Fsp3) is 0.720. The van der Waals surface area contributed by atoms with E-state index in [2.05, 4.69) is 6.92 Å². The van der Waals surface area contributed by atoms with Gasteiger partial charge in [-0.05, 0) is 31.4 Å². The van der Waals surface area contributed by atoms with Crippen LogP contribution in [0.2, 0.25) is 0 Å². The van der Waals surface area contributed by atoms with Gasteiger partial charge >= 0.3 is 5.97 Å². The van der Waals surface area contributed by atoms with Gasteiger partial charge in [0.2, 0.25) is 0 Å². The Bertz CT molecular complexity index is 525. The van der Waals surface area contributed by atoms with Gasteiger partial charge in [-0.3, -0.25) is 0 Å². The van der Waals surface area contributed by atoms with Gasteiger partial charge in [0, 0.05) is 0 Å². The molecule has 0 bridgehead atoms. The molecule has 0 heterocycles. The second-order valence-corrected chi connectivity index (χ2v) is 7.71. The van der Waals surface area contributed by atoms with E-state index in [9.17, 15) is 4.79 Å². The highest BCUT2D eigenvalue weighted by Gasteiger charge is 2.17. The van der Waals surface area contributed by atoms with Crippen LogP contribution in [0.15, 0.2) is 18.2 Å². The van der Waals surface area contributed by atoms with Gasteiger partial charge in [-0.1, -0.05) is 96.1 Å². The van der Waals surface area contributed by atoms with E-state index in [-0.39, 0.29) is 5.97 Å². The van der Waals surface area contributed by atoms with Crippen LogP contribution in [0.5, 0.6) is 5.75 Å². The Morgan fingerprint density at radius 1 is 0.786 bits per heavy atom. The number of hydrogen-bond donors (Lipinski definition) is 0. The van der Waals surface area contributed by atoms with E-state index in [1.165, 1.54) is 77.0 Å². The molecule has 0 aliphatic rings. The predicted molar refractivity (Wildman–Crippen MR) is 118 cm³/mol. The lowest BCUT2D eigenvalue weighted by Gasteiger charge is -2.13. The van der Waals surface area contributed by atoms with Crippen LogP contribution in [0, 0.1) is 0 Å². The van der Waals surface area contributed by atoms with Crippen LogP contribution >= 0.6 is 0 Å². The summed E-state index contributed by atoms with van der Waals surface area (Å²) < 4.78 is 10.6. The van der Waals surface area contributed by atoms with Crippen LogP contribution in [0.1, 0.15) is 113 Å². The topological polar surface area (TPSA) is 35.5 Å². The number of unbranched alkanes of at least 4 members (excludes halogenated alkanes) is 12. The predicted octanol–water partition coefficient (Wildman–Crippen LogP) is 7.51. The first-order chi connectivity index (χ1) is 13.7. The van der Waals surface area contributed by atoms with E-state index < -0.39 is 0 Å². The normalized spacial score (nSPS) is 10.8. The summed E-state index contributed by atoms with van der Waals surface area (Å²) in [6.45, 7) is 4.49. The average Bonchev–Trinajstić information content (AvgIpc) is 2.71. The van der Waals surface area contributed by atoms with Crippen molar-refractivity contribution >= 4 is 5.97 Å². The third-order valence-corrected chi connectivity index (χ3v) is 5.36. The molecule has 0 aromatic heterocycles. The smallest absolute Gasteiger partial charge is 0.342 e. The Labute approximate surface area is 173 Å². The van der Waals surface area contributed by atoms with Crippen molar-refractivity contribution in [1.29, 1.82) is 0 Å². The van der Waals surface area contributed by atoms with E-state index in [0.717, 1.165) is 18.4 Å². The van der Waals surface area contributed by atoms with Crippen LogP contribution in [0.3, 0.4) is 0 Å². The Morgan fingerprint density at radius 3 is 1.82 bits per heavy atom. The first-order valence-corrected chi connectivity index (χ1v) is 11.6. The molecule has 0 atom stereocenters. The summed E-state index contributed by atoms with van der Waals surface area (Å²) in [4.78, 5) is 12.3. The minimum Gasteiger partial charge on any atom is -0.496 e. The molecule has 0 amide bonds. The summed E-state index contributed by atoms with van der Waals surface area (Å²) in [5.41, 5.74) is 1.65. The van der Waals surface area contributed by atoms with Crippen molar-refractivity contribution in [1.82, 2.24) is 0 Å². The van der Waals surface area contributed by atoms with Crippen molar-refractivity contribution in [3.8, 4) is 5.75 Å². The van der Waals surface area contributed by atoms with Gasteiger partial charge in [-0.2, -0.15) is 0 Å². The van der Waals surface area contributed by atoms with Crippen LogP contribution < -0.4 is 4.74 Å². The van der Waals surface area contributed by atoms with Crippen LogP contribution in [0.4, 0.5) is 0 Å². The van der Waals surface area contributed by atoms with Gasteiger partial charge in [0.1, 0.15) is 11.3 Å². The zero-order valence-corrected chi connectivity index (χ0v) is 18.6. The van der Waals surface area contributed by atoms with Gasteiger partial charge in [0.15, 0.2) is 0 Å². The van der Waals surface area contributed by atoms with Crippen LogP contribution in [-0.4, -0.2) is 19.7 Å². The number of ether oxygens (including phenoxy) is 2. The zero-order valence-electron chi connectivity index (χ0n) is 18.6. The molecule has 0 spiro atoms. The molecule has 0 N–H and O–H groups in total. The van der Waals surface area contributed by atoms with Crippen molar-refractivity contribution in [3.63, 3.8) is 0 Å². The summed E-state index contributed by atoms with van der Waals surface area (Å²) in [6.07, 6.45) is 18.4. The number of carbonyl (C=O) groups is 1. The van der Waals surface area contributed by atoms with Crippen LogP contribution in [-0.2, 0) is 11.2 Å². The number of benzene rings is 1. The first-order valence-electron chi connectivity index (χ1n) is 11.6. The van der Waals surface area contributed by atoms with Gasteiger partial charge in [-0.15, -0.1) is 0 Å². The minimum atomic E-state index is -0.273. The maximum absolute atomic E-state index is 12.3. The van der Waals surface area contributed by atoms with Gasteiger partial charge in [0.25, 0.3) is 0 Å². The third kappa shape index (κ3) is 10.1. The zero-order chi connectivity index (χ0) is 20.5. The number of carbonyl (C=O) groups excluding carboxylic acids is 1. The molecule has 1 aromatic rings. The Morgan fingerprint density at radius 2 is 1.32 bits per heavy atom. The number of esters is 1. The quantitative estimate of drug-likeness (QED) is 0.204. The van der Waals surface area contributed by atoms with Crippen molar-refractivity contribution in [2.24, 2.45) is 0 Å². The summed E-state index contributed by atoms with van der Waals surface area (Å²) in [6, 6.07) is 5.81. The average molecular weight is 391 g/mol. The molecule has 0 aliphatic carbocycles. The summed E-state index contributed by atoms with van der Waals surface area (Å²) in [7, 11) is 1.60. The van der Waals surface area contributed by atoms with E-state index >= 15 is 0 Å². The number of hydrogen-bond acceptors (Lipinski definition) is 3. The van der Waals surface area contributed by atoms with E-state index in [4.69, 9.17) is 9.47 Å². The van der Waals surface area contributed by atoms with Crippen molar-refractivity contribution in [2.45, 2.75) is 104 Å². The number of aryl methyl sites for hydroxylation is 1. The molecular formula is C25H42O3. The van der Waals surface area contributed by atoms with Gasteiger partial charge in [0.05, 0.1) is 13.7 Å². The van der Waals surface area contributed by atoms with E-state index in [0.29, 0.717) is 17.9 Å². The fourth-order valence-corrected chi connectivity index (χ4v) is 3.72. The SMILES string of the molecule is CCCCCCCCCCCCCCCc1cccc(OC)c1C(=O)OCC. The molecule has 1 aromatic carbocycles. The van der Waals surface area contributed by atoms with Crippen molar-refractivity contribution < 1.29 is 14.3 Å². The maximum Gasteiger partial charge on any atom is 0.342 e. The molecule has 3 nitrogen and oxygen atoms in total. The standard InChI is InChI=1S/C25H42O3/c1-4-6-7-8-9-10-11-12-13-14-15-16-17-19-22-20-18-21-23(27-3)24(22)25(26)28-5-2/h18,20-21H,4-17,19H2,1-3H3. The second-order valence-electron chi connectivity index (χ2n) is 7.71. The van der Waals surface area contributed by atoms with Crippen molar-refractivity contribution in [3.05, 3.63) is 29.3 Å². The lowest BCUT2D eigenvalue weighted by molar-refractivity contribution is 0.0521. The maximum atomic E-state index is 12.3. The Kier molecular flexibility index (Phi) is 14.4. The second kappa shape index (κ2) is 16.4. The minimum absolute atomic E-state index is 0.273. The van der Waals surface area contributed by atoms with E-state index in [1.807, 2.05) is 25.1 Å². The third-order valence-electron chi connectivity index (χ3n) is 5.36. The lowest BCUT2D eigenvalue weighted by atomic mass is 9.99. The number of rotatable bonds is 17. The molecular weight excluding hydrogens is 348 g/mol.